The van der Waals surface area contributed by atoms with Crippen molar-refractivity contribution in [1.29, 1.82) is 0 Å². The van der Waals surface area contributed by atoms with E-state index in [1.165, 1.54) is 0 Å². The average Bonchev–Trinajstić information content (AvgIpc) is 3.21. The molecule has 1 aliphatic rings. The molecule has 0 bridgehead atoms. The number of carbonyl (C=O) groups is 1. The minimum Gasteiger partial charge on any atom is -0.334 e. The number of hydrogen-bond acceptors (Lipinski definition) is 4. The molecule has 0 spiro atoms. The van der Waals surface area contributed by atoms with Crippen molar-refractivity contribution in [3.05, 3.63) is 76.8 Å². The Hall–Kier alpha value is -3.12. The quantitative estimate of drug-likeness (QED) is 0.585. The van der Waals surface area contributed by atoms with Gasteiger partial charge in [0, 0.05) is 22.8 Å². The van der Waals surface area contributed by atoms with Gasteiger partial charge < -0.3 is 9.84 Å². The summed E-state index contributed by atoms with van der Waals surface area (Å²) in [7, 11) is 0. The second kappa shape index (κ2) is 8.32. The van der Waals surface area contributed by atoms with Gasteiger partial charge in [0.25, 0.3) is 5.89 Å². The number of rotatable bonds is 5. The van der Waals surface area contributed by atoms with Crippen molar-refractivity contribution in [3.8, 4) is 11.4 Å². The lowest BCUT2D eigenvalue weighted by molar-refractivity contribution is 0.199. The number of aromatic nitrogens is 2. The van der Waals surface area contributed by atoms with Crippen LogP contribution in [0.1, 0.15) is 38.3 Å². The van der Waals surface area contributed by atoms with Crippen LogP contribution in [0, 0.1) is 5.92 Å². The highest BCUT2D eigenvalue weighted by atomic mass is 35.5. The molecule has 1 aromatic heterocycles. The van der Waals surface area contributed by atoms with Gasteiger partial charge in [-0.1, -0.05) is 60.9 Å². The highest BCUT2D eigenvalue weighted by Crippen LogP contribution is 2.37. The van der Waals surface area contributed by atoms with Crippen LogP contribution in [0.5, 0.6) is 0 Å². The molecule has 0 saturated heterocycles. The Morgan fingerprint density at radius 2 is 1.83 bits per heavy atom. The lowest BCUT2D eigenvalue weighted by Gasteiger charge is -2.36. The summed E-state index contributed by atoms with van der Waals surface area (Å²) in [6.07, 6.45) is 0. The summed E-state index contributed by atoms with van der Waals surface area (Å²) in [4.78, 5) is 19.2. The normalized spacial score (nSPS) is 16.9. The van der Waals surface area contributed by atoms with Gasteiger partial charge in [0.2, 0.25) is 5.82 Å². The first kappa shape index (κ1) is 20.2. The molecular weight excluding hydrogens is 400 g/mol. The van der Waals surface area contributed by atoms with Crippen molar-refractivity contribution in [3.63, 3.8) is 0 Å². The summed E-state index contributed by atoms with van der Waals surface area (Å²) in [5, 5.41) is 7.91. The van der Waals surface area contributed by atoms with Crippen molar-refractivity contribution in [1.82, 2.24) is 20.4 Å². The van der Waals surface area contributed by atoms with Crippen molar-refractivity contribution < 1.29 is 9.32 Å². The second-order valence-corrected chi connectivity index (χ2v) is 8.16. The van der Waals surface area contributed by atoms with Crippen LogP contribution in [0.4, 0.5) is 4.79 Å². The van der Waals surface area contributed by atoms with Crippen LogP contribution in [0.25, 0.3) is 17.0 Å². The number of carbonyl (C=O) groups excluding carboxylic acids is 1. The Labute approximate surface area is 180 Å². The van der Waals surface area contributed by atoms with E-state index in [9.17, 15) is 4.79 Å². The monoisotopic (exact) mass is 422 g/mol. The van der Waals surface area contributed by atoms with Gasteiger partial charge in [-0.05, 0) is 42.7 Å². The molecule has 7 heteroatoms. The molecule has 2 heterocycles. The molecule has 0 aliphatic carbocycles. The van der Waals surface area contributed by atoms with Crippen molar-refractivity contribution >= 4 is 23.2 Å². The fourth-order valence-electron chi connectivity index (χ4n) is 3.59. The fraction of sp³-hybridized carbons (Fsp3) is 0.261. The third-order valence-corrected chi connectivity index (χ3v) is 5.29. The van der Waals surface area contributed by atoms with Gasteiger partial charge in [-0.25, -0.2) is 4.79 Å². The van der Waals surface area contributed by atoms with Crippen molar-refractivity contribution in [2.24, 2.45) is 5.92 Å². The highest BCUT2D eigenvalue weighted by molar-refractivity contribution is 6.30. The number of halogens is 1. The van der Waals surface area contributed by atoms with E-state index in [4.69, 9.17) is 16.1 Å². The van der Waals surface area contributed by atoms with Crippen LogP contribution in [-0.2, 0) is 0 Å². The zero-order valence-corrected chi connectivity index (χ0v) is 17.8. The van der Waals surface area contributed by atoms with E-state index in [2.05, 4.69) is 29.3 Å². The predicted molar refractivity (Wildman–Crippen MR) is 117 cm³/mol. The van der Waals surface area contributed by atoms with Gasteiger partial charge in [-0.3, -0.25) is 4.90 Å². The molecule has 1 atom stereocenters. The van der Waals surface area contributed by atoms with Gasteiger partial charge in [-0.15, -0.1) is 0 Å². The molecule has 1 N–H and O–H groups in total. The smallest absolute Gasteiger partial charge is 0.322 e. The number of amides is 2. The van der Waals surface area contributed by atoms with Gasteiger partial charge in [0.05, 0.1) is 11.6 Å². The zero-order valence-electron chi connectivity index (χ0n) is 17.1. The molecule has 154 valence electrons. The Bertz CT molecular complexity index is 1070. The first-order valence-electron chi connectivity index (χ1n) is 9.88. The van der Waals surface area contributed by atoms with Gasteiger partial charge in [-0.2, -0.15) is 4.98 Å². The fourth-order valence-corrected chi connectivity index (χ4v) is 3.71. The van der Waals surface area contributed by atoms with E-state index in [0.29, 0.717) is 29.2 Å². The number of urea groups is 1. The van der Waals surface area contributed by atoms with Crippen LogP contribution in [0.2, 0.25) is 5.02 Å². The summed E-state index contributed by atoms with van der Waals surface area (Å²) in [5.41, 5.74) is 3.38. The first-order valence-corrected chi connectivity index (χ1v) is 10.3. The molecule has 2 amide bonds. The maximum absolute atomic E-state index is 12.9. The van der Waals surface area contributed by atoms with Crippen molar-refractivity contribution in [2.45, 2.75) is 26.8 Å². The molecule has 2 aromatic carbocycles. The summed E-state index contributed by atoms with van der Waals surface area (Å²) in [6, 6.07) is 16.6. The summed E-state index contributed by atoms with van der Waals surface area (Å²) < 4.78 is 5.67. The molecule has 3 aromatic rings. The molecule has 6 nitrogen and oxygen atoms in total. The van der Waals surface area contributed by atoms with E-state index in [-0.39, 0.29) is 12.1 Å². The van der Waals surface area contributed by atoms with Gasteiger partial charge in [0.15, 0.2) is 0 Å². The molecule has 1 aliphatic heterocycles. The van der Waals surface area contributed by atoms with Crippen LogP contribution in [-0.4, -0.2) is 27.6 Å². The summed E-state index contributed by atoms with van der Waals surface area (Å²) >= 11 is 5.99. The van der Waals surface area contributed by atoms with E-state index in [0.717, 1.165) is 22.4 Å². The summed E-state index contributed by atoms with van der Waals surface area (Å²) in [6.45, 7) is 6.68. The standard InChI is InChI=1S/C23H23ClN4O2/c1-14(2)13-28-15(3)19(20(25-23(28)29)16-7-5-4-6-8-16)22-26-21(27-30-22)17-9-11-18(24)12-10-17/h4-12,14,20H,13H2,1-3H3,(H,25,29). The van der Waals surface area contributed by atoms with E-state index in [1.807, 2.05) is 49.4 Å². The number of nitrogens with one attached hydrogen (secondary N) is 1. The summed E-state index contributed by atoms with van der Waals surface area (Å²) in [5.74, 6) is 1.17. The number of hydrogen-bond donors (Lipinski definition) is 1. The molecular formula is C23H23ClN4O2. The molecule has 1 unspecified atom stereocenters. The lowest BCUT2D eigenvalue weighted by Crippen LogP contribution is -2.47. The molecule has 4 rings (SSSR count). The van der Waals surface area contributed by atoms with E-state index >= 15 is 0 Å². The van der Waals surface area contributed by atoms with Gasteiger partial charge in [0.1, 0.15) is 0 Å². The Morgan fingerprint density at radius 1 is 1.13 bits per heavy atom. The van der Waals surface area contributed by atoms with Crippen LogP contribution < -0.4 is 5.32 Å². The molecule has 0 saturated carbocycles. The average molecular weight is 423 g/mol. The second-order valence-electron chi connectivity index (χ2n) is 7.73. The number of allylic oxidation sites excluding steroid dienone is 1. The molecule has 30 heavy (non-hydrogen) atoms. The Morgan fingerprint density at radius 3 is 2.50 bits per heavy atom. The molecule has 0 radical (unpaired) electrons. The molecule has 0 fully saturated rings. The lowest BCUT2D eigenvalue weighted by atomic mass is 9.94. The first-order chi connectivity index (χ1) is 14.4. The van der Waals surface area contributed by atoms with E-state index in [1.54, 1.807) is 17.0 Å². The maximum atomic E-state index is 12.9. The zero-order chi connectivity index (χ0) is 21.3. The van der Waals surface area contributed by atoms with Crippen molar-refractivity contribution in [2.75, 3.05) is 6.54 Å². The third-order valence-electron chi connectivity index (χ3n) is 5.04. The van der Waals surface area contributed by atoms with E-state index < -0.39 is 0 Å². The van der Waals surface area contributed by atoms with Crippen LogP contribution in [0.15, 0.2) is 64.8 Å². The minimum atomic E-state index is -0.374. The highest BCUT2D eigenvalue weighted by Gasteiger charge is 2.35. The SMILES string of the molecule is CC1=C(c2nc(-c3ccc(Cl)cc3)no2)C(c2ccccc2)NC(=O)N1CC(C)C. The number of nitrogens with zero attached hydrogens (tertiary/aromatic N) is 3. The minimum absolute atomic E-state index is 0.128. The predicted octanol–water partition coefficient (Wildman–Crippen LogP) is 5.54. The topological polar surface area (TPSA) is 71.3 Å². The maximum Gasteiger partial charge on any atom is 0.322 e. The third kappa shape index (κ3) is 3.96. The van der Waals surface area contributed by atoms with Gasteiger partial charge >= 0.3 is 6.03 Å². The Kier molecular flexibility index (Phi) is 5.59. The van der Waals surface area contributed by atoms with Crippen LogP contribution in [0.3, 0.4) is 0 Å². The van der Waals surface area contributed by atoms with Crippen LogP contribution >= 0.6 is 11.6 Å². The Balaban J connectivity index is 1.80. The largest absolute Gasteiger partial charge is 0.334 e. The number of benzene rings is 2.